The molecule has 0 spiro atoms. The lowest BCUT2D eigenvalue weighted by molar-refractivity contribution is 0.414. The molecule has 0 fully saturated rings. The smallest absolute Gasteiger partial charge is 0.120 e. The molecule has 2 aromatic rings. The average molecular weight is 264 g/mol. The second-order valence-electron chi connectivity index (χ2n) is 3.81. The molecule has 5 heteroatoms. The number of ether oxygens (including phenoxy) is 1. The van der Waals surface area contributed by atoms with Crippen LogP contribution in [0.4, 0.5) is 0 Å². The standard InChI is InChI=1S/C13H14ClN3O/c1-18-9-2-3-10(12(14)6-9)11(7-15)13-4-5-16-8-17-13/h2-6,8,11H,7,15H2,1H3. The highest BCUT2D eigenvalue weighted by molar-refractivity contribution is 6.31. The number of aromatic nitrogens is 2. The van der Waals surface area contributed by atoms with E-state index in [0.717, 1.165) is 17.0 Å². The molecule has 0 amide bonds. The van der Waals surface area contributed by atoms with Crippen molar-refractivity contribution in [1.29, 1.82) is 0 Å². The van der Waals surface area contributed by atoms with Gasteiger partial charge in [0.25, 0.3) is 0 Å². The van der Waals surface area contributed by atoms with Crippen molar-refractivity contribution in [2.75, 3.05) is 13.7 Å². The fourth-order valence-electron chi connectivity index (χ4n) is 1.83. The molecular formula is C13H14ClN3O. The molecule has 0 saturated carbocycles. The third-order valence-corrected chi connectivity index (χ3v) is 3.11. The molecule has 0 aliphatic carbocycles. The van der Waals surface area contributed by atoms with Gasteiger partial charge in [0.05, 0.1) is 12.8 Å². The van der Waals surface area contributed by atoms with Crippen molar-refractivity contribution in [2.24, 2.45) is 5.73 Å². The van der Waals surface area contributed by atoms with Crippen LogP contribution in [-0.4, -0.2) is 23.6 Å². The lowest BCUT2D eigenvalue weighted by Gasteiger charge is -2.16. The van der Waals surface area contributed by atoms with Gasteiger partial charge in [-0.05, 0) is 23.8 Å². The zero-order chi connectivity index (χ0) is 13.0. The molecule has 1 aromatic heterocycles. The van der Waals surface area contributed by atoms with E-state index in [9.17, 15) is 0 Å². The largest absolute Gasteiger partial charge is 0.497 e. The van der Waals surface area contributed by atoms with Gasteiger partial charge in [-0.2, -0.15) is 0 Å². The normalized spacial score (nSPS) is 12.2. The van der Waals surface area contributed by atoms with E-state index in [1.165, 1.54) is 6.33 Å². The van der Waals surface area contributed by atoms with E-state index in [4.69, 9.17) is 22.1 Å². The van der Waals surface area contributed by atoms with Crippen LogP contribution in [0.5, 0.6) is 5.75 Å². The Morgan fingerprint density at radius 3 is 2.78 bits per heavy atom. The third-order valence-electron chi connectivity index (χ3n) is 2.78. The average Bonchev–Trinajstić information content (AvgIpc) is 2.42. The van der Waals surface area contributed by atoms with E-state index in [2.05, 4.69) is 9.97 Å². The molecule has 1 atom stereocenters. The minimum Gasteiger partial charge on any atom is -0.497 e. The van der Waals surface area contributed by atoms with Crippen molar-refractivity contribution in [3.05, 3.63) is 53.1 Å². The first-order chi connectivity index (χ1) is 8.76. The topological polar surface area (TPSA) is 61.0 Å². The molecule has 2 N–H and O–H groups in total. The Kier molecular flexibility index (Phi) is 4.12. The first kappa shape index (κ1) is 12.8. The SMILES string of the molecule is COc1ccc(C(CN)c2ccncn2)c(Cl)c1. The van der Waals surface area contributed by atoms with Crippen molar-refractivity contribution >= 4 is 11.6 Å². The molecule has 0 aliphatic rings. The molecule has 2 rings (SSSR count). The van der Waals surface area contributed by atoms with Gasteiger partial charge in [-0.1, -0.05) is 17.7 Å². The van der Waals surface area contributed by atoms with Crippen LogP contribution in [0.1, 0.15) is 17.2 Å². The van der Waals surface area contributed by atoms with Crippen molar-refractivity contribution in [3.63, 3.8) is 0 Å². The summed E-state index contributed by atoms with van der Waals surface area (Å²) < 4.78 is 5.13. The molecule has 0 aliphatic heterocycles. The fraction of sp³-hybridized carbons (Fsp3) is 0.231. The molecule has 1 unspecified atom stereocenters. The molecule has 94 valence electrons. The Morgan fingerprint density at radius 1 is 1.39 bits per heavy atom. The predicted octanol–water partition coefficient (Wildman–Crippen LogP) is 2.23. The number of rotatable bonds is 4. The zero-order valence-corrected chi connectivity index (χ0v) is 10.8. The second-order valence-corrected chi connectivity index (χ2v) is 4.22. The number of hydrogen-bond donors (Lipinski definition) is 1. The molecule has 18 heavy (non-hydrogen) atoms. The lowest BCUT2D eigenvalue weighted by atomic mass is 9.95. The minimum atomic E-state index is -0.0357. The molecule has 1 heterocycles. The summed E-state index contributed by atoms with van der Waals surface area (Å²) in [5, 5.41) is 0.628. The highest BCUT2D eigenvalue weighted by Gasteiger charge is 2.17. The Bertz CT molecular complexity index is 519. The summed E-state index contributed by atoms with van der Waals surface area (Å²) in [6.07, 6.45) is 3.21. The number of benzene rings is 1. The minimum absolute atomic E-state index is 0.0357. The van der Waals surface area contributed by atoms with E-state index in [1.807, 2.05) is 18.2 Å². The van der Waals surface area contributed by atoms with Crippen molar-refractivity contribution < 1.29 is 4.74 Å². The maximum absolute atomic E-state index is 6.25. The van der Waals surface area contributed by atoms with Gasteiger partial charge in [-0.3, -0.25) is 0 Å². The number of nitrogens with zero attached hydrogens (tertiary/aromatic N) is 2. The van der Waals surface area contributed by atoms with Gasteiger partial charge in [-0.25, -0.2) is 9.97 Å². The van der Waals surface area contributed by atoms with Crippen LogP contribution in [0, 0.1) is 0 Å². The van der Waals surface area contributed by atoms with Crippen LogP contribution in [0.15, 0.2) is 36.8 Å². The monoisotopic (exact) mass is 263 g/mol. The van der Waals surface area contributed by atoms with Crippen LogP contribution in [0.25, 0.3) is 0 Å². The number of nitrogens with two attached hydrogens (primary N) is 1. The first-order valence-electron chi connectivity index (χ1n) is 5.55. The summed E-state index contributed by atoms with van der Waals surface area (Å²) >= 11 is 6.25. The second kappa shape index (κ2) is 5.80. The Morgan fingerprint density at radius 2 is 2.22 bits per heavy atom. The van der Waals surface area contributed by atoms with E-state index in [-0.39, 0.29) is 5.92 Å². The predicted molar refractivity (Wildman–Crippen MR) is 70.9 cm³/mol. The van der Waals surface area contributed by atoms with E-state index < -0.39 is 0 Å². The highest BCUT2D eigenvalue weighted by atomic mass is 35.5. The van der Waals surface area contributed by atoms with Crippen LogP contribution < -0.4 is 10.5 Å². The molecular weight excluding hydrogens is 250 g/mol. The van der Waals surface area contributed by atoms with Gasteiger partial charge in [-0.15, -0.1) is 0 Å². The number of hydrogen-bond acceptors (Lipinski definition) is 4. The summed E-state index contributed by atoms with van der Waals surface area (Å²) in [7, 11) is 1.61. The fourth-order valence-corrected chi connectivity index (χ4v) is 2.13. The van der Waals surface area contributed by atoms with Gasteiger partial charge >= 0.3 is 0 Å². The van der Waals surface area contributed by atoms with E-state index >= 15 is 0 Å². The van der Waals surface area contributed by atoms with Crippen molar-refractivity contribution in [3.8, 4) is 5.75 Å². The maximum Gasteiger partial charge on any atom is 0.120 e. The molecule has 1 aromatic carbocycles. The summed E-state index contributed by atoms with van der Waals surface area (Å²) in [5.74, 6) is 0.689. The van der Waals surface area contributed by atoms with E-state index in [0.29, 0.717) is 11.6 Å². The molecule has 0 bridgehead atoms. The number of methoxy groups -OCH3 is 1. The quantitative estimate of drug-likeness (QED) is 0.919. The third kappa shape index (κ3) is 2.60. The van der Waals surface area contributed by atoms with Gasteiger partial charge in [0.1, 0.15) is 12.1 Å². The summed E-state index contributed by atoms with van der Waals surface area (Å²) in [6.45, 7) is 0.434. The molecule has 0 radical (unpaired) electrons. The molecule has 0 saturated heterocycles. The Hall–Kier alpha value is -1.65. The zero-order valence-electron chi connectivity index (χ0n) is 10.0. The van der Waals surface area contributed by atoms with Gasteiger partial charge in [0.15, 0.2) is 0 Å². The maximum atomic E-state index is 6.25. The van der Waals surface area contributed by atoms with Crippen LogP contribution >= 0.6 is 11.6 Å². The van der Waals surface area contributed by atoms with Crippen LogP contribution in [0.3, 0.4) is 0 Å². The van der Waals surface area contributed by atoms with E-state index in [1.54, 1.807) is 19.4 Å². The summed E-state index contributed by atoms with van der Waals surface area (Å²) in [6, 6.07) is 7.41. The lowest BCUT2D eigenvalue weighted by Crippen LogP contribution is -2.15. The summed E-state index contributed by atoms with van der Waals surface area (Å²) in [4.78, 5) is 8.13. The van der Waals surface area contributed by atoms with Gasteiger partial charge in [0.2, 0.25) is 0 Å². The van der Waals surface area contributed by atoms with Gasteiger partial charge < -0.3 is 10.5 Å². The number of halogens is 1. The first-order valence-corrected chi connectivity index (χ1v) is 5.93. The molecule has 4 nitrogen and oxygen atoms in total. The van der Waals surface area contributed by atoms with Crippen molar-refractivity contribution in [2.45, 2.75) is 5.92 Å². The van der Waals surface area contributed by atoms with Crippen LogP contribution in [0.2, 0.25) is 5.02 Å². The Labute approximate surface area is 111 Å². The Balaban J connectivity index is 2.39. The summed E-state index contributed by atoms with van der Waals surface area (Å²) in [5.41, 5.74) is 7.63. The highest BCUT2D eigenvalue weighted by Crippen LogP contribution is 2.31. The van der Waals surface area contributed by atoms with Crippen LogP contribution in [-0.2, 0) is 0 Å². The van der Waals surface area contributed by atoms with Crippen molar-refractivity contribution in [1.82, 2.24) is 9.97 Å². The van der Waals surface area contributed by atoms with Gasteiger partial charge in [0, 0.05) is 23.7 Å².